The number of hydrogen-bond acceptors (Lipinski definition) is 2. The van der Waals surface area contributed by atoms with Crippen molar-refractivity contribution in [2.45, 2.75) is 51.5 Å². The van der Waals surface area contributed by atoms with Crippen LogP contribution in [0.5, 0.6) is 0 Å². The van der Waals surface area contributed by atoms with Gasteiger partial charge in [0.2, 0.25) is 5.56 Å². The number of nitrogens with one attached hydrogen (secondary N) is 2. The van der Waals surface area contributed by atoms with Crippen molar-refractivity contribution >= 4 is 0 Å². The summed E-state index contributed by atoms with van der Waals surface area (Å²) in [5, 5.41) is 3.73. The summed E-state index contributed by atoms with van der Waals surface area (Å²) in [5.41, 5.74) is 3.07. The first-order valence-corrected chi connectivity index (χ1v) is 7.18. The van der Waals surface area contributed by atoms with Gasteiger partial charge in [0.05, 0.1) is 0 Å². The molecule has 18 heavy (non-hydrogen) atoms. The van der Waals surface area contributed by atoms with Crippen molar-refractivity contribution in [1.29, 1.82) is 0 Å². The number of aryl methyl sites for hydroxylation is 1. The molecular formula is C15H22N2O. The molecule has 0 aliphatic heterocycles. The van der Waals surface area contributed by atoms with E-state index in [9.17, 15) is 4.79 Å². The molecule has 0 radical (unpaired) electrons. The molecule has 0 spiro atoms. The summed E-state index contributed by atoms with van der Waals surface area (Å²) in [6, 6.07) is 4.11. The van der Waals surface area contributed by atoms with E-state index in [0.717, 1.165) is 18.7 Å². The van der Waals surface area contributed by atoms with Gasteiger partial charge in [0, 0.05) is 24.3 Å². The van der Waals surface area contributed by atoms with E-state index in [2.05, 4.69) is 17.2 Å². The van der Waals surface area contributed by atoms with Crippen molar-refractivity contribution in [3.05, 3.63) is 33.7 Å². The van der Waals surface area contributed by atoms with E-state index in [4.69, 9.17) is 0 Å². The van der Waals surface area contributed by atoms with Gasteiger partial charge >= 0.3 is 0 Å². The summed E-state index contributed by atoms with van der Waals surface area (Å²) >= 11 is 0. The van der Waals surface area contributed by atoms with E-state index in [1.165, 1.54) is 37.7 Å². The van der Waals surface area contributed by atoms with Crippen LogP contribution in [0, 0.1) is 5.41 Å². The molecule has 1 fully saturated rings. The van der Waals surface area contributed by atoms with E-state index >= 15 is 0 Å². The summed E-state index contributed by atoms with van der Waals surface area (Å²) < 4.78 is 0. The van der Waals surface area contributed by atoms with Crippen LogP contribution in [-0.4, -0.2) is 11.5 Å². The van der Waals surface area contributed by atoms with Crippen molar-refractivity contribution in [3.63, 3.8) is 0 Å². The van der Waals surface area contributed by atoms with Crippen molar-refractivity contribution in [1.82, 2.24) is 10.3 Å². The van der Waals surface area contributed by atoms with Gasteiger partial charge in [-0.15, -0.1) is 0 Å². The monoisotopic (exact) mass is 246 g/mol. The van der Waals surface area contributed by atoms with Crippen LogP contribution in [-0.2, 0) is 6.42 Å². The summed E-state index contributed by atoms with van der Waals surface area (Å²) in [5.74, 6) is 0. The van der Waals surface area contributed by atoms with E-state index in [0.29, 0.717) is 11.5 Å². The second-order valence-electron chi connectivity index (χ2n) is 5.94. The van der Waals surface area contributed by atoms with Gasteiger partial charge in [0.15, 0.2) is 0 Å². The molecule has 0 aromatic carbocycles. The summed E-state index contributed by atoms with van der Waals surface area (Å²) in [6.07, 6.45) is 7.42. The van der Waals surface area contributed by atoms with Crippen LogP contribution in [0.4, 0.5) is 0 Å². The molecule has 0 saturated heterocycles. The van der Waals surface area contributed by atoms with Gasteiger partial charge in [-0.3, -0.25) is 4.79 Å². The molecule has 1 heterocycles. The van der Waals surface area contributed by atoms with E-state index in [1.807, 2.05) is 6.07 Å². The fourth-order valence-electron chi connectivity index (χ4n) is 3.08. The molecule has 3 nitrogen and oxygen atoms in total. The third-order valence-corrected chi connectivity index (χ3v) is 4.76. The maximum Gasteiger partial charge on any atom is 0.248 e. The van der Waals surface area contributed by atoms with Gasteiger partial charge in [0.1, 0.15) is 0 Å². The predicted molar refractivity (Wildman–Crippen MR) is 72.7 cm³/mol. The first-order chi connectivity index (χ1) is 8.72. The first-order valence-electron chi connectivity index (χ1n) is 7.18. The molecule has 1 aromatic heterocycles. The molecule has 98 valence electrons. The highest BCUT2D eigenvalue weighted by Gasteiger charge is 2.40. The van der Waals surface area contributed by atoms with Crippen LogP contribution >= 0.6 is 0 Å². The lowest BCUT2D eigenvalue weighted by Crippen LogP contribution is -2.31. The van der Waals surface area contributed by atoms with Crippen molar-refractivity contribution in [2.24, 2.45) is 5.41 Å². The summed E-state index contributed by atoms with van der Waals surface area (Å²) in [7, 11) is 0. The maximum absolute atomic E-state index is 11.3. The third kappa shape index (κ3) is 2.24. The van der Waals surface area contributed by atoms with Gasteiger partial charge in [-0.1, -0.05) is 13.0 Å². The van der Waals surface area contributed by atoms with Crippen LogP contribution < -0.4 is 10.9 Å². The number of fused-ring (bicyclic) bond motifs is 1. The molecule has 2 aliphatic rings. The molecule has 0 bridgehead atoms. The Morgan fingerprint density at radius 2 is 2.28 bits per heavy atom. The Hall–Kier alpha value is -1.09. The second kappa shape index (κ2) is 4.54. The highest BCUT2D eigenvalue weighted by molar-refractivity contribution is 5.26. The van der Waals surface area contributed by atoms with Gasteiger partial charge in [-0.05, 0) is 49.5 Å². The summed E-state index contributed by atoms with van der Waals surface area (Å²) in [6.45, 7) is 3.42. The average molecular weight is 246 g/mol. The molecular weight excluding hydrogens is 224 g/mol. The minimum Gasteiger partial charge on any atom is -0.326 e. The van der Waals surface area contributed by atoms with Gasteiger partial charge in [0.25, 0.3) is 0 Å². The third-order valence-electron chi connectivity index (χ3n) is 4.76. The van der Waals surface area contributed by atoms with Crippen molar-refractivity contribution in [3.8, 4) is 0 Å². The molecule has 1 aromatic rings. The fraction of sp³-hybridized carbons (Fsp3) is 0.667. The molecule has 1 saturated carbocycles. The van der Waals surface area contributed by atoms with Gasteiger partial charge in [-0.2, -0.15) is 0 Å². The van der Waals surface area contributed by atoms with E-state index in [-0.39, 0.29) is 5.56 Å². The Kier molecular flexibility index (Phi) is 3.02. The Morgan fingerprint density at radius 3 is 3.00 bits per heavy atom. The van der Waals surface area contributed by atoms with Crippen molar-refractivity contribution in [2.75, 3.05) is 6.54 Å². The molecule has 3 rings (SSSR count). The molecule has 2 N–H and O–H groups in total. The van der Waals surface area contributed by atoms with Crippen LogP contribution in [0.3, 0.4) is 0 Å². The minimum atomic E-state index is 0.0293. The highest BCUT2D eigenvalue weighted by Crippen LogP contribution is 2.48. The van der Waals surface area contributed by atoms with Crippen LogP contribution in [0.15, 0.2) is 16.9 Å². The second-order valence-corrected chi connectivity index (χ2v) is 5.94. The van der Waals surface area contributed by atoms with E-state index in [1.54, 1.807) is 6.07 Å². The number of aromatic nitrogens is 1. The zero-order chi connectivity index (χ0) is 12.6. The van der Waals surface area contributed by atoms with Gasteiger partial charge in [-0.25, -0.2) is 0 Å². The Labute approximate surface area is 108 Å². The van der Waals surface area contributed by atoms with E-state index < -0.39 is 0 Å². The first kappa shape index (κ1) is 12.0. The average Bonchev–Trinajstić information content (AvgIpc) is 3.16. The number of H-pyrrole nitrogens is 1. The lowest BCUT2D eigenvalue weighted by molar-refractivity contribution is 0.377. The quantitative estimate of drug-likeness (QED) is 0.857. The van der Waals surface area contributed by atoms with Crippen LogP contribution in [0.25, 0.3) is 0 Å². The SMILES string of the molecule is CCC1(CNC2CCCc3[nH]c(=O)ccc32)CC1. The topological polar surface area (TPSA) is 44.9 Å². The standard InChI is InChI=1S/C15H22N2O/c1-2-15(8-9-15)10-16-12-4-3-5-13-11(12)6-7-14(18)17-13/h6-7,12,16H,2-5,8-10H2,1H3,(H,17,18). The molecule has 1 unspecified atom stereocenters. The van der Waals surface area contributed by atoms with Crippen LogP contribution in [0.1, 0.15) is 56.3 Å². The summed E-state index contributed by atoms with van der Waals surface area (Å²) in [4.78, 5) is 14.3. The number of pyridine rings is 1. The maximum atomic E-state index is 11.3. The highest BCUT2D eigenvalue weighted by atomic mass is 16.1. The molecule has 0 amide bonds. The van der Waals surface area contributed by atoms with Gasteiger partial charge < -0.3 is 10.3 Å². The smallest absolute Gasteiger partial charge is 0.248 e. The molecule has 1 atom stereocenters. The number of rotatable bonds is 4. The Morgan fingerprint density at radius 1 is 1.44 bits per heavy atom. The lowest BCUT2D eigenvalue weighted by atomic mass is 9.90. The van der Waals surface area contributed by atoms with Crippen LogP contribution in [0.2, 0.25) is 0 Å². The zero-order valence-electron chi connectivity index (χ0n) is 11.1. The predicted octanol–water partition coefficient (Wildman–Crippen LogP) is 2.53. The molecule has 3 heteroatoms. The fourth-order valence-corrected chi connectivity index (χ4v) is 3.08. The normalized spacial score (nSPS) is 24.6. The number of hydrogen-bond donors (Lipinski definition) is 2. The Balaban J connectivity index is 1.73. The lowest BCUT2D eigenvalue weighted by Gasteiger charge is -2.27. The largest absolute Gasteiger partial charge is 0.326 e. The minimum absolute atomic E-state index is 0.0293. The Bertz CT molecular complexity index is 488. The number of aromatic amines is 1. The zero-order valence-corrected chi connectivity index (χ0v) is 11.1. The van der Waals surface area contributed by atoms with Crippen molar-refractivity contribution < 1.29 is 0 Å². The molecule has 2 aliphatic carbocycles.